The van der Waals surface area contributed by atoms with Crippen LogP contribution in [0.4, 0.5) is 13.2 Å². The Hall–Kier alpha value is -0.270. The number of hydrogen-bond donors (Lipinski definition) is 0. The number of rotatable bonds is 8. The van der Waals surface area contributed by atoms with Crippen molar-refractivity contribution >= 4 is 23.8 Å². The van der Waals surface area contributed by atoms with Crippen LogP contribution in [0.5, 0.6) is 0 Å². The second-order valence-electron chi connectivity index (χ2n) is 4.87. The third kappa shape index (κ3) is 6.01. The quantitative estimate of drug-likeness (QED) is 0.387. The van der Waals surface area contributed by atoms with E-state index in [4.69, 9.17) is 11.2 Å². The van der Waals surface area contributed by atoms with Gasteiger partial charge in [-0.25, -0.2) is 0 Å². The van der Waals surface area contributed by atoms with Gasteiger partial charge in [-0.05, 0) is 18.6 Å². The van der Waals surface area contributed by atoms with E-state index in [0.717, 1.165) is 25.3 Å². The Labute approximate surface area is 125 Å². The van der Waals surface area contributed by atoms with Crippen molar-refractivity contribution in [2.45, 2.75) is 51.6 Å². The summed E-state index contributed by atoms with van der Waals surface area (Å²) in [5, 5.41) is 0.269. The Bertz CT molecular complexity index is 393. The SMILES string of the molecule is CCCCCCCC[P@@](Cl)c1ccccc1C(F)(F)F. The van der Waals surface area contributed by atoms with E-state index in [9.17, 15) is 13.2 Å². The van der Waals surface area contributed by atoms with Crippen LogP contribution in [0.2, 0.25) is 0 Å². The van der Waals surface area contributed by atoms with Crippen molar-refractivity contribution in [2.75, 3.05) is 6.16 Å². The minimum absolute atomic E-state index is 0.269. The van der Waals surface area contributed by atoms with E-state index in [0.29, 0.717) is 6.16 Å². The summed E-state index contributed by atoms with van der Waals surface area (Å²) in [6, 6.07) is 5.67. The van der Waals surface area contributed by atoms with Crippen LogP contribution < -0.4 is 5.30 Å². The molecule has 1 aromatic carbocycles. The van der Waals surface area contributed by atoms with Crippen molar-refractivity contribution in [3.05, 3.63) is 29.8 Å². The molecule has 1 aromatic rings. The summed E-state index contributed by atoms with van der Waals surface area (Å²) in [5.74, 6) is 0. The molecule has 0 aromatic heterocycles. The molecule has 0 radical (unpaired) electrons. The minimum atomic E-state index is -4.31. The molecular formula is C15H21ClF3P. The van der Waals surface area contributed by atoms with Gasteiger partial charge in [-0.3, -0.25) is 0 Å². The molecular weight excluding hydrogens is 304 g/mol. The predicted octanol–water partition coefficient (Wildman–Crippen LogP) is 6.33. The van der Waals surface area contributed by atoms with Gasteiger partial charge in [0.2, 0.25) is 0 Å². The summed E-state index contributed by atoms with van der Waals surface area (Å²) in [5.41, 5.74) is -0.577. The topological polar surface area (TPSA) is 0 Å². The fourth-order valence-corrected chi connectivity index (χ4v) is 4.33. The highest BCUT2D eigenvalue weighted by Gasteiger charge is 2.34. The third-order valence-electron chi connectivity index (χ3n) is 3.18. The highest BCUT2D eigenvalue weighted by molar-refractivity contribution is 7.90. The van der Waals surface area contributed by atoms with E-state index in [2.05, 4.69) is 6.92 Å². The van der Waals surface area contributed by atoms with Crippen LogP contribution in [0.15, 0.2) is 24.3 Å². The summed E-state index contributed by atoms with van der Waals surface area (Å²) in [4.78, 5) is 0. The largest absolute Gasteiger partial charge is 0.417 e. The fraction of sp³-hybridized carbons (Fsp3) is 0.600. The van der Waals surface area contributed by atoms with Crippen LogP contribution in [0, 0.1) is 0 Å². The molecule has 0 fully saturated rings. The van der Waals surface area contributed by atoms with Crippen LogP contribution in [0.3, 0.4) is 0 Å². The maximum absolute atomic E-state index is 12.9. The number of unbranched alkanes of at least 4 members (excludes halogenated alkanes) is 5. The second-order valence-corrected chi connectivity index (χ2v) is 7.75. The van der Waals surface area contributed by atoms with Crippen molar-refractivity contribution in [1.29, 1.82) is 0 Å². The molecule has 0 aliphatic heterocycles. The summed E-state index contributed by atoms with van der Waals surface area (Å²) in [7, 11) is -1.23. The first-order valence-corrected chi connectivity index (χ1v) is 9.49. The predicted molar refractivity (Wildman–Crippen MR) is 82.1 cm³/mol. The van der Waals surface area contributed by atoms with Crippen LogP contribution in [0.1, 0.15) is 51.0 Å². The molecule has 0 nitrogen and oxygen atoms in total. The first-order chi connectivity index (χ1) is 9.46. The Morgan fingerprint density at radius 2 is 1.60 bits per heavy atom. The number of hydrogen-bond acceptors (Lipinski definition) is 0. The number of halogens is 4. The van der Waals surface area contributed by atoms with Gasteiger partial charge in [0.05, 0.1) is 5.56 Å². The summed E-state index contributed by atoms with van der Waals surface area (Å²) in [6.07, 6.45) is 3.09. The second kappa shape index (κ2) is 8.89. The van der Waals surface area contributed by atoms with Gasteiger partial charge >= 0.3 is 6.18 Å². The van der Waals surface area contributed by atoms with E-state index in [1.807, 2.05) is 0 Å². The summed E-state index contributed by atoms with van der Waals surface area (Å²) < 4.78 is 38.7. The number of alkyl halides is 3. The molecule has 0 heterocycles. The normalized spacial score (nSPS) is 13.4. The highest BCUT2D eigenvalue weighted by Crippen LogP contribution is 2.45. The van der Waals surface area contributed by atoms with Gasteiger partial charge in [0.15, 0.2) is 0 Å². The maximum atomic E-state index is 12.9. The first-order valence-electron chi connectivity index (χ1n) is 7.06. The molecule has 0 spiro atoms. The van der Waals surface area contributed by atoms with Gasteiger partial charge in [0.25, 0.3) is 0 Å². The standard InChI is InChI=1S/C15H21ClF3P/c1-2-3-4-5-6-9-12-20(16)14-11-8-7-10-13(14)15(17,18)19/h7-8,10-11H,2-6,9,12H2,1H3/t20-/m1/s1. The molecule has 0 amide bonds. The Morgan fingerprint density at radius 3 is 2.25 bits per heavy atom. The van der Waals surface area contributed by atoms with Crippen LogP contribution in [-0.4, -0.2) is 6.16 Å². The van der Waals surface area contributed by atoms with E-state index in [1.54, 1.807) is 6.07 Å². The van der Waals surface area contributed by atoms with E-state index < -0.39 is 19.0 Å². The Balaban J connectivity index is 2.49. The van der Waals surface area contributed by atoms with Gasteiger partial charge in [0, 0.05) is 12.6 Å². The minimum Gasteiger partial charge on any atom is -0.166 e. The van der Waals surface area contributed by atoms with Crippen molar-refractivity contribution < 1.29 is 13.2 Å². The van der Waals surface area contributed by atoms with Gasteiger partial charge in [0.1, 0.15) is 0 Å². The van der Waals surface area contributed by atoms with Gasteiger partial charge in [-0.2, -0.15) is 13.2 Å². The maximum Gasteiger partial charge on any atom is 0.417 e. The van der Waals surface area contributed by atoms with E-state index >= 15 is 0 Å². The highest BCUT2D eigenvalue weighted by atomic mass is 35.7. The lowest BCUT2D eigenvalue weighted by molar-refractivity contribution is -0.136. The number of benzene rings is 1. The lowest BCUT2D eigenvalue weighted by atomic mass is 10.1. The van der Waals surface area contributed by atoms with Crippen LogP contribution >= 0.6 is 18.5 Å². The molecule has 0 bridgehead atoms. The molecule has 0 aliphatic carbocycles. The Kier molecular flexibility index (Phi) is 7.91. The van der Waals surface area contributed by atoms with Crippen LogP contribution in [0.25, 0.3) is 0 Å². The molecule has 0 saturated carbocycles. The molecule has 0 N–H and O–H groups in total. The zero-order chi connectivity index (χ0) is 15.0. The molecule has 1 rings (SSSR count). The molecule has 0 aliphatic rings. The Morgan fingerprint density at radius 1 is 1.00 bits per heavy atom. The summed E-state index contributed by atoms with van der Waals surface area (Å²) in [6.45, 7) is 2.16. The third-order valence-corrected chi connectivity index (χ3v) is 5.85. The van der Waals surface area contributed by atoms with Gasteiger partial charge in [-0.1, -0.05) is 68.5 Å². The van der Waals surface area contributed by atoms with E-state index in [-0.39, 0.29) is 5.30 Å². The van der Waals surface area contributed by atoms with Crippen LogP contribution in [-0.2, 0) is 6.18 Å². The van der Waals surface area contributed by atoms with Crippen molar-refractivity contribution in [3.8, 4) is 0 Å². The zero-order valence-corrected chi connectivity index (χ0v) is 13.4. The summed E-state index contributed by atoms with van der Waals surface area (Å²) >= 11 is 6.22. The lowest BCUT2D eigenvalue weighted by Crippen LogP contribution is -2.17. The monoisotopic (exact) mass is 324 g/mol. The first kappa shape index (κ1) is 17.8. The van der Waals surface area contributed by atoms with Crippen molar-refractivity contribution in [1.82, 2.24) is 0 Å². The molecule has 5 heteroatoms. The average molecular weight is 325 g/mol. The molecule has 1 atom stereocenters. The average Bonchev–Trinajstić information content (AvgIpc) is 2.41. The van der Waals surface area contributed by atoms with Crippen molar-refractivity contribution in [2.24, 2.45) is 0 Å². The van der Waals surface area contributed by atoms with Crippen molar-refractivity contribution in [3.63, 3.8) is 0 Å². The smallest absolute Gasteiger partial charge is 0.166 e. The fourth-order valence-electron chi connectivity index (χ4n) is 2.08. The van der Waals surface area contributed by atoms with E-state index in [1.165, 1.54) is 31.4 Å². The van der Waals surface area contributed by atoms with Gasteiger partial charge in [-0.15, -0.1) is 0 Å². The zero-order valence-electron chi connectivity index (χ0n) is 11.7. The van der Waals surface area contributed by atoms with Gasteiger partial charge < -0.3 is 0 Å². The molecule has 20 heavy (non-hydrogen) atoms. The lowest BCUT2D eigenvalue weighted by Gasteiger charge is -2.16. The molecule has 114 valence electrons. The molecule has 0 unspecified atom stereocenters. The molecule has 0 saturated heterocycles.